The first-order chi connectivity index (χ1) is 7.40. The molecule has 1 aromatic heterocycles. The van der Waals surface area contributed by atoms with Crippen molar-refractivity contribution in [1.29, 1.82) is 0 Å². The molecule has 0 atom stereocenters. The summed E-state index contributed by atoms with van der Waals surface area (Å²) in [5, 5.41) is 8.85. The van der Waals surface area contributed by atoms with E-state index in [2.05, 4.69) is 19.9 Å². The number of aryl methyl sites for hydroxylation is 2. The minimum atomic E-state index is -0.765. The summed E-state index contributed by atoms with van der Waals surface area (Å²) in [6.07, 6.45) is 0. The zero-order valence-corrected chi connectivity index (χ0v) is 11.1. The molecule has 0 aliphatic heterocycles. The first-order valence-corrected chi connectivity index (χ1v) is 6.23. The van der Waals surface area contributed by atoms with Gasteiger partial charge in [-0.3, -0.25) is 9.69 Å². The Bertz CT molecular complexity index is 371. The number of carbonyl (C=O) groups is 1. The van der Waals surface area contributed by atoms with Crippen molar-refractivity contribution in [2.75, 3.05) is 6.54 Å². The monoisotopic (exact) mass is 241 g/mol. The summed E-state index contributed by atoms with van der Waals surface area (Å²) in [7, 11) is 0. The standard InChI is InChI=1S/C12H19NO2S/c1-8(2)13(7-12(14)15)6-11-5-9(3)16-10(11)4/h5,8H,6-7H2,1-4H3,(H,14,15). The van der Waals surface area contributed by atoms with Gasteiger partial charge in [0, 0.05) is 22.3 Å². The summed E-state index contributed by atoms with van der Waals surface area (Å²) in [5.74, 6) is -0.765. The molecular weight excluding hydrogens is 222 g/mol. The number of thiophene rings is 1. The van der Waals surface area contributed by atoms with E-state index in [1.807, 2.05) is 18.7 Å². The van der Waals surface area contributed by atoms with Crippen molar-refractivity contribution in [2.24, 2.45) is 0 Å². The van der Waals surface area contributed by atoms with Gasteiger partial charge in [-0.1, -0.05) is 0 Å². The number of nitrogens with zero attached hydrogens (tertiary/aromatic N) is 1. The van der Waals surface area contributed by atoms with E-state index in [0.717, 1.165) is 6.54 Å². The van der Waals surface area contributed by atoms with Gasteiger partial charge in [-0.05, 0) is 39.3 Å². The Kier molecular flexibility index (Phi) is 4.50. The molecule has 1 aromatic rings. The number of hydrogen-bond acceptors (Lipinski definition) is 3. The van der Waals surface area contributed by atoms with Gasteiger partial charge in [0.1, 0.15) is 0 Å². The van der Waals surface area contributed by atoms with E-state index in [1.54, 1.807) is 11.3 Å². The van der Waals surface area contributed by atoms with Gasteiger partial charge in [0.15, 0.2) is 0 Å². The van der Waals surface area contributed by atoms with E-state index < -0.39 is 5.97 Å². The van der Waals surface area contributed by atoms with Crippen molar-refractivity contribution < 1.29 is 9.90 Å². The normalized spacial score (nSPS) is 11.4. The highest BCUT2D eigenvalue weighted by atomic mass is 32.1. The zero-order valence-electron chi connectivity index (χ0n) is 10.3. The van der Waals surface area contributed by atoms with Crippen molar-refractivity contribution in [1.82, 2.24) is 4.90 Å². The van der Waals surface area contributed by atoms with Crippen LogP contribution in [0.1, 0.15) is 29.2 Å². The average molecular weight is 241 g/mol. The molecule has 0 radical (unpaired) electrons. The maximum absolute atomic E-state index is 10.8. The largest absolute Gasteiger partial charge is 0.480 e. The predicted molar refractivity (Wildman–Crippen MR) is 67.0 cm³/mol. The fourth-order valence-electron chi connectivity index (χ4n) is 1.65. The number of hydrogen-bond donors (Lipinski definition) is 1. The summed E-state index contributed by atoms with van der Waals surface area (Å²) >= 11 is 1.77. The third-order valence-corrected chi connectivity index (χ3v) is 3.59. The molecule has 0 aromatic carbocycles. The van der Waals surface area contributed by atoms with Gasteiger partial charge in [0.2, 0.25) is 0 Å². The lowest BCUT2D eigenvalue weighted by Crippen LogP contribution is -2.35. The second kappa shape index (κ2) is 5.46. The van der Waals surface area contributed by atoms with E-state index in [4.69, 9.17) is 5.11 Å². The van der Waals surface area contributed by atoms with Gasteiger partial charge in [0.05, 0.1) is 6.54 Å². The Morgan fingerprint density at radius 2 is 2.12 bits per heavy atom. The molecule has 0 amide bonds. The van der Waals surface area contributed by atoms with Crippen LogP contribution < -0.4 is 0 Å². The highest BCUT2D eigenvalue weighted by molar-refractivity contribution is 7.12. The first-order valence-electron chi connectivity index (χ1n) is 5.42. The summed E-state index contributed by atoms with van der Waals surface area (Å²) in [6.45, 7) is 9.05. The van der Waals surface area contributed by atoms with Crippen LogP contribution >= 0.6 is 11.3 Å². The smallest absolute Gasteiger partial charge is 0.317 e. The summed E-state index contributed by atoms with van der Waals surface area (Å²) < 4.78 is 0. The van der Waals surface area contributed by atoms with E-state index >= 15 is 0 Å². The molecule has 16 heavy (non-hydrogen) atoms. The topological polar surface area (TPSA) is 40.5 Å². The Morgan fingerprint density at radius 1 is 1.50 bits per heavy atom. The number of aliphatic carboxylic acids is 1. The lowest BCUT2D eigenvalue weighted by molar-refractivity contribution is -0.138. The van der Waals surface area contributed by atoms with Crippen LogP contribution in [0, 0.1) is 13.8 Å². The molecule has 0 aliphatic carbocycles. The van der Waals surface area contributed by atoms with Gasteiger partial charge in [-0.15, -0.1) is 11.3 Å². The molecule has 1 heterocycles. The van der Waals surface area contributed by atoms with Crippen LogP contribution in [0.5, 0.6) is 0 Å². The fraction of sp³-hybridized carbons (Fsp3) is 0.583. The minimum Gasteiger partial charge on any atom is -0.480 e. The minimum absolute atomic E-state index is 0.103. The second-order valence-electron chi connectivity index (χ2n) is 4.33. The quantitative estimate of drug-likeness (QED) is 0.861. The maximum Gasteiger partial charge on any atom is 0.317 e. The predicted octanol–water partition coefficient (Wildman–Crippen LogP) is 2.66. The zero-order chi connectivity index (χ0) is 12.3. The van der Waals surface area contributed by atoms with Crippen molar-refractivity contribution in [2.45, 2.75) is 40.3 Å². The summed E-state index contributed by atoms with van der Waals surface area (Å²) in [4.78, 5) is 15.3. The Balaban J connectivity index is 2.75. The highest BCUT2D eigenvalue weighted by Crippen LogP contribution is 2.22. The third kappa shape index (κ3) is 3.61. The lowest BCUT2D eigenvalue weighted by atomic mass is 10.2. The first kappa shape index (κ1) is 13.2. The maximum atomic E-state index is 10.8. The fourth-order valence-corrected chi connectivity index (χ4v) is 2.59. The van der Waals surface area contributed by atoms with Gasteiger partial charge < -0.3 is 5.11 Å². The van der Waals surface area contributed by atoms with Gasteiger partial charge in [-0.25, -0.2) is 0 Å². The molecule has 1 N–H and O–H groups in total. The summed E-state index contributed by atoms with van der Waals surface area (Å²) in [5.41, 5.74) is 1.25. The van der Waals surface area contributed by atoms with E-state index in [-0.39, 0.29) is 12.6 Å². The van der Waals surface area contributed by atoms with Crippen LogP contribution in [0.25, 0.3) is 0 Å². The van der Waals surface area contributed by atoms with Crippen LogP contribution in [-0.4, -0.2) is 28.6 Å². The van der Waals surface area contributed by atoms with Crippen LogP contribution in [0.3, 0.4) is 0 Å². The van der Waals surface area contributed by atoms with Crippen LogP contribution in [0.15, 0.2) is 6.07 Å². The molecule has 0 spiro atoms. The second-order valence-corrected chi connectivity index (χ2v) is 5.79. The Labute approximate surface area is 101 Å². The van der Waals surface area contributed by atoms with Crippen molar-refractivity contribution in [3.63, 3.8) is 0 Å². The highest BCUT2D eigenvalue weighted by Gasteiger charge is 2.15. The van der Waals surface area contributed by atoms with Crippen LogP contribution in [-0.2, 0) is 11.3 Å². The van der Waals surface area contributed by atoms with Crippen molar-refractivity contribution in [3.05, 3.63) is 21.4 Å². The molecule has 0 fully saturated rings. The van der Waals surface area contributed by atoms with E-state index in [1.165, 1.54) is 15.3 Å². The molecule has 0 bridgehead atoms. The van der Waals surface area contributed by atoms with Crippen LogP contribution in [0.2, 0.25) is 0 Å². The number of carboxylic acid groups (broad SMARTS) is 1. The molecule has 3 nitrogen and oxygen atoms in total. The molecule has 0 aliphatic rings. The van der Waals surface area contributed by atoms with Crippen LogP contribution in [0.4, 0.5) is 0 Å². The molecule has 0 saturated heterocycles. The molecule has 0 unspecified atom stereocenters. The molecule has 0 saturated carbocycles. The van der Waals surface area contributed by atoms with Crippen molar-refractivity contribution in [3.8, 4) is 0 Å². The van der Waals surface area contributed by atoms with Gasteiger partial charge in [0.25, 0.3) is 0 Å². The van der Waals surface area contributed by atoms with E-state index in [9.17, 15) is 4.79 Å². The number of carboxylic acids is 1. The molecule has 90 valence electrons. The average Bonchev–Trinajstić information content (AvgIpc) is 2.43. The molecular formula is C12H19NO2S. The lowest BCUT2D eigenvalue weighted by Gasteiger charge is -2.24. The third-order valence-electron chi connectivity index (χ3n) is 2.59. The van der Waals surface area contributed by atoms with E-state index in [0.29, 0.717) is 0 Å². The van der Waals surface area contributed by atoms with Gasteiger partial charge >= 0.3 is 5.97 Å². The Hall–Kier alpha value is -0.870. The Morgan fingerprint density at radius 3 is 2.50 bits per heavy atom. The van der Waals surface area contributed by atoms with Gasteiger partial charge in [-0.2, -0.15) is 0 Å². The van der Waals surface area contributed by atoms with Crippen molar-refractivity contribution >= 4 is 17.3 Å². The molecule has 1 rings (SSSR count). The summed E-state index contributed by atoms with van der Waals surface area (Å²) in [6, 6.07) is 2.40. The number of rotatable bonds is 5. The SMILES string of the molecule is Cc1cc(CN(CC(=O)O)C(C)C)c(C)s1. The molecule has 4 heteroatoms.